The predicted molar refractivity (Wildman–Crippen MR) is 186 cm³/mol. The lowest BCUT2D eigenvalue weighted by Crippen LogP contribution is -2.55. The van der Waals surface area contributed by atoms with Gasteiger partial charge < -0.3 is 10.2 Å². The van der Waals surface area contributed by atoms with Gasteiger partial charge in [0.2, 0.25) is 11.8 Å². The van der Waals surface area contributed by atoms with E-state index in [4.69, 9.17) is 11.6 Å². The highest BCUT2D eigenvalue weighted by atomic mass is 79.9. The van der Waals surface area contributed by atoms with Crippen molar-refractivity contribution in [3.05, 3.63) is 130 Å². The molecule has 10 heteroatoms. The summed E-state index contributed by atoms with van der Waals surface area (Å²) >= 11 is 9.59. The fourth-order valence-electron chi connectivity index (χ4n) is 5.79. The molecule has 0 unspecified atom stereocenters. The van der Waals surface area contributed by atoms with E-state index in [0.717, 1.165) is 52.0 Å². The summed E-state index contributed by atoms with van der Waals surface area (Å²) in [6.07, 6.45) is 5.29. The van der Waals surface area contributed by atoms with Crippen molar-refractivity contribution < 1.29 is 18.0 Å². The molecule has 0 saturated heterocycles. The van der Waals surface area contributed by atoms with Crippen LogP contribution in [-0.2, 0) is 32.6 Å². The molecule has 1 saturated carbocycles. The van der Waals surface area contributed by atoms with Gasteiger partial charge in [0.15, 0.2) is 0 Å². The summed E-state index contributed by atoms with van der Waals surface area (Å²) in [6, 6.07) is 30.7. The van der Waals surface area contributed by atoms with Crippen LogP contribution in [-0.4, -0.2) is 43.8 Å². The predicted octanol–water partition coefficient (Wildman–Crippen LogP) is 7.39. The maximum absolute atomic E-state index is 14.6. The number of benzene rings is 4. The van der Waals surface area contributed by atoms with Crippen LogP contribution in [0.25, 0.3) is 0 Å². The Hall–Kier alpha value is -3.66. The van der Waals surface area contributed by atoms with Gasteiger partial charge in [-0.3, -0.25) is 13.9 Å². The first-order chi connectivity index (χ1) is 22.2. The topological polar surface area (TPSA) is 86.8 Å². The minimum Gasteiger partial charge on any atom is -0.352 e. The third-order valence-corrected chi connectivity index (χ3v) is 10.7. The number of sulfonamides is 1. The molecule has 1 N–H and O–H groups in total. The molecule has 5 rings (SSSR count). The first-order valence-electron chi connectivity index (χ1n) is 15.4. The number of para-hydroxylation sites is 1. The molecule has 2 amide bonds. The summed E-state index contributed by atoms with van der Waals surface area (Å²) in [4.78, 5) is 30.3. The lowest BCUT2D eigenvalue weighted by atomic mass is 9.94. The molecule has 240 valence electrons. The van der Waals surface area contributed by atoms with Gasteiger partial charge in [-0.15, -0.1) is 0 Å². The average Bonchev–Trinajstić information content (AvgIpc) is 3.06. The highest BCUT2D eigenvalue weighted by Gasteiger charge is 2.35. The van der Waals surface area contributed by atoms with E-state index in [-0.39, 0.29) is 29.8 Å². The molecule has 1 atom stereocenters. The van der Waals surface area contributed by atoms with Gasteiger partial charge in [-0.25, -0.2) is 8.42 Å². The van der Waals surface area contributed by atoms with E-state index in [1.165, 1.54) is 29.2 Å². The Labute approximate surface area is 284 Å². The van der Waals surface area contributed by atoms with Gasteiger partial charge in [-0.2, -0.15) is 0 Å². The molecule has 0 aliphatic heterocycles. The second kappa shape index (κ2) is 15.8. The largest absolute Gasteiger partial charge is 0.352 e. The van der Waals surface area contributed by atoms with E-state index in [2.05, 4.69) is 21.2 Å². The number of rotatable bonds is 12. The minimum atomic E-state index is -4.19. The van der Waals surface area contributed by atoms with Crippen LogP contribution in [0.2, 0.25) is 5.02 Å². The van der Waals surface area contributed by atoms with Crippen LogP contribution in [0.4, 0.5) is 5.69 Å². The standard InChI is InChI=1S/C36H37BrClN3O4S/c37-29-14-10-13-28(23-29)25-40(34(24-27-11-4-1-5-12-27)36(43)39-31-15-6-2-7-16-31)35(42)26-41(32-17-8-3-9-18-32)46(44,45)33-21-19-30(38)20-22-33/h1,3-5,8-14,17-23,31,34H,2,6-7,15-16,24-26H2,(H,39,43)/t34-/m0/s1. The zero-order chi connectivity index (χ0) is 32.5. The fraction of sp³-hybridized carbons (Fsp3) is 0.278. The Morgan fingerprint density at radius 2 is 1.46 bits per heavy atom. The van der Waals surface area contributed by atoms with Crippen molar-refractivity contribution in [2.75, 3.05) is 10.8 Å². The Morgan fingerprint density at radius 3 is 2.11 bits per heavy atom. The summed E-state index contributed by atoms with van der Waals surface area (Å²) in [5.74, 6) is -0.744. The van der Waals surface area contributed by atoms with Crippen molar-refractivity contribution in [3.63, 3.8) is 0 Å². The molecular formula is C36H37BrClN3O4S. The van der Waals surface area contributed by atoms with Gasteiger partial charge in [-0.05, 0) is 72.5 Å². The fourth-order valence-corrected chi connectivity index (χ4v) is 7.77. The number of nitrogens with zero attached hydrogens (tertiary/aromatic N) is 2. The van der Waals surface area contributed by atoms with Crippen LogP contribution in [0.5, 0.6) is 0 Å². The third-order valence-electron chi connectivity index (χ3n) is 8.19. The smallest absolute Gasteiger partial charge is 0.264 e. The van der Waals surface area contributed by atoms with Crippen LogP contribution in [0, 0.1) is 0 Å². The Bertz CT molecular complexity index is 1720. The van der Waals surface area contributed by atoms with Crippen molar-refractivity contribution in [3.8, 4) is 0 Å². The minimum absolute atomic E-state index is 0.00275. The molecule has 7 nitrogen and oxygen atoms in total. The molecule has 4 aromatic carbocycles. The Kier molecular flexibility index (Phi) is 11.5. The maximum atomic E-state index is 14.6. The van der Waals surface area contributed by atoms with Crippen molar-refractivity contribution >= 4 is 55.1 Å². The summed E-state index contributed by atoms with van der Waals surface area (Å²) in [5.41, 5.74) is 2.03. The lowest BCUT2D eigenvalue weighted by molar-refractivity contribution is -0.140. The van der Waals surface area contributed by atoms with Gasteiger partial charge in [0.05, 0.1) is 10.6 Å². The molecular weight excluding hydrogens is 686 g/mol. The van der Waals surface area contributed by atoms with Crippen molar-refractivity contribution in [1.29, 1.82) is 0 Å². The number of hydrogen-bond acceptors (Lipinski definition) is 4. The molecule has 0 aromatic heterocycles. The average molecular weight is 723 g/mol. The number of carbonyl (C=O) groups excluding carboxylic acids is 2. The van der Waals surface area contributed by atoms with Crippen molar-refractivity contribution in [1.82, 2.24) is 10.2 Å². The molecule has 1 aliphatic rings. The summed E-state index contributed by atoms with van der Waals surface area (Å²) < 4.78 is 30.1. The van der Waals surface area contributed by atoms with Crippen LogP contribution < -0.4 is 9.62 Å². The van der Waals surface area contributed by atoms with E-state index < -0.39 is 28.5 Å². The highest BCUT2D eigenvalue weighted by molar-refractivity contribution is 9.10. The van der Waals surface area contributed by atoms with Crippen molar-refractivity contribution in [2.45, 2.75) is 62.0 Å². The van der Waals surface area contributed by atoms with Crippen molar-refractivity contribution in [2.24, 2.45) is 0 Å². The molecule has 0 radical (unpaired) electrons. The van der Waals surface area contributed by atoms with E-state index in [1.807, 2.05) is 54.6 Å². The Morgan fingerprint density at radius 1 is 0.826 bits per heavy atom. The van der Waals surface area contributed by atoms with Gasteiger partial charge in [0, 0.05) is 28.5 Å². The summed E-state index contributed by atoms with van der Waals surface area (Å²) in [7, 11) is -4.19. The van der Waals surface area contributed by atoms with Crippen LogP contribution in [0.1, 0.15) is 43.2 Å². The van der Waals surface area contributed by atoms with Crippen LogP contribution >= 0.6 is 27.5 Å². The van der Waals surface area contributed by atoms with Gasteiger partial charge in [-0.1, -0.05) is 107 Å². The first-order valence-corrected chi connectivity index (χ1v) is 18.0. The van der Waals surface area contributed by atoms with Crippen LogP contribution in [0.15, 0.2) is 119 Å². The number of nitrogens with one attached hydrogen (secondary N) is 1. The zero-order valence-electron chi connectivity index (χ0n) is 25.4. The summed E-state index contributed by atoms with van der Waals surface area (Å²) in [6.45, 7) is -0.400. The monoisotopic (exact) mass is 721 g/mol. The molecule has 46 heavy (non-hydrogen) atoms. The second-order valence-corrected chi connectivity index (χ2v) is 14.7. The quantitative estimate of drug-likeness (QED) is 0.165. The maximum Gasteiger partial charge on any atom is 0.264 e. The van der Waals surface area contributed by atoms with Gasteiger partial charge in [0.1, 0.15) is 12.6 Å². The van der Waals surface area contributed by atoms with E-state index >= 15 is 0 Å². The third kappa shape index (κ3) is 8.78. The zero-order valence-corrected chi connectivity index (χ0v) is 28.6. The number of hydrogen-bond donors (Lipinski definition) is 1. The first kappa shape index (κ1) is 33.7. The van der Waals surface area contributed by atoms with Gasteiger partial charge in [0.25, 0.3) is 10.0 Å². The Balaban J connectivity index is 1.55. The number of halogens is 2. The highest BCUT2D eigenvalue weighted by Crippen LogP contribution is 2.26. The number of carbonyl (C=O) groups is 2. The number of amides is 2. The SMILES string of the molecule is O=C(NC1CCCCC1)[C@H](Cc1ccccc1)N(Cc1cccc(Br)c1)C(=O)CN(c1ccccc1)S(=O)(=O)c1ccc(Cl)cc1. The lowest BCUT2D eigenvalue weighted by Gasteiger charge is -2.35. The normalized spacial score (nSPS) is 14.3. The molecule has 1 aliphatic carbocycles. The molecule has 0 bridgehead atoms. The molecule has 1 fully saturated rings. The van der Waals surface area contributed by atoms with E-state index in [1.54, 1.807) is 30.3 Å². The summed E-state index contributed by atoms with van der Waals surface area (Å²) in [5, 5.41) is 3.63. The molecule has 0 heterocycles. The molecule has 0 spiro atoms. The van der Waals surface area contributed by atoms with Crippen LogP contribution in [0.3, 0.4) is 0 Å². The second-order valence-electron chi connectivity index (χ2n) is 11.5. The van der Waals surface area contributed by atoms with E-state index in [9.17, 15) is 18.0 Å². The number of anilines is 1. The van der Waals surface area contributed by atoms with Gasteiger partial charge >= 0.3 is 0 Å². The molecule has 4 aromatic rings. The van der Waals surface area contributed by atoms with E-state index in [0.29, 0.717) is 10.7 Å².